The molecule has 0 saturated carbocycles. The fourth-order valence-electron chi connectivity index (χ4n) is 3.66. The van der Waals surface area contributed by atoms with Crippen molar-refractivity contribution in [2.75, 3.05) is 23.9 Å². The van der Waals surface area contributed by atoms with Crippen molar-refractivity contribution >= 4 is 23.1 Å². The van der Waals surface area contributed by atoms with Gasteiger partial charge in [-0.15, -0.1) is 4.80 Å². The molecule has 0 saturated heterocycles. The Bertz CT molecular complexity index is 1250. The normalized spacial score (nSPS) is 15.6. The van der Waals surface area contributed by atoms with Crippen molar-refractivity contribution in [3.05, 3.63) is 53.9 Å². The number of anilines is 2. The number of rotatable bonds is 3. The highest BCUT2D eigenvalue weighted by molar-refractivity contribution is 6.03. The highest BCUT2D eigenvalue weighted by Crippen LogP contribution is 2.36. The Hall–Kier alpha value is -3.86. The van der Waals surface area contributed by atoms with E-state index < -0.39 is 0 Å². The molecule has 4 aromatic heterocycles. The van der Waals surface area contributed by atoms with E-state index in [4.69, 9.17) is 4.74 Å². The second-order valence-electron chi connectivity index (χ2n) is 7.03. The van der Waals surface area contributed by atoms with Crippen molar-refractivity contribution in [3.63, 3.8) is 0 Å². The van der Waals surface area contributed by atoms with Crippen LogP contribution >= 0.6 is 0 Å². The van der Waals surface area contributed by atoms with Gasteiger partial charge in [-0.2, -0.15) is 15.3 Å². The minimum absolute atomic E-state index is 0.299. The van der Waals surface area contributed by atoms with Gasteiger partial charge >= 0.3 is 6.03 Å². The molecule has 1 N–H and O–H groups in total. The Morgan fingerprint density at radius 1 is 1.17 bits per heavy atom. The number of amides is 2. The molecule has 11 nitrogen and oxygen atoms in total. The number of nitrogens with zero attached hydrogens (tertiary/aromatic N) is 8. The fourth-order valence-corrected chi connectivity index (χ4v) is 3.66. The standard InChI is InChI=1S/C19H19N9O2/c1-11-6-13(8-21-18(11)28-22-4-5-23-28)24-19(29)26-10-15(30-3)17-14(26)9-20-16-7-12(2)25-27(16)17/h4-9,15H,10H2,1-3H3,(H,24,29). The topological polar surface area (TPSA) is 115 Å². The first kappa shape index (κ1) is 18.2. The molecule has 5 heterocycles. The minimum Gasteiger partial charge on any atom is -0.373 e. The molecule has 11 heteroatoms. The number of nitrogens with one attached hydrogen (secondary N) is 1. The van der Waals surface area contributed by atoms with Crippen LogP contribution in [0.1, 0.15) is 23.1 Å². The molecule has 0 bridgehead atoms. The lowest BCUT2D eigenvalue weighted by Gasteiger charge is -2.18. The van der Waals surface area contributed by atoms with Gasteiger partial charge in [0.2, 0.25) is 0 Å². The summed E-state index contributed by atoms with van der Waals surface area (Å²) < 4.78 is 7.36. The van der Waals surface area contributed by atoms with Gasteiger partial charge in [-0.3, -0.25) is 4.90 Å². The Balaban J connectivity index is 1.44. The number of fused-ring (bicyclic) bond motifs is 3. The highest BCUT2D eigenvalue weighted by atomic mass is 16.5. The summed E-state index contributed by atoms with van der Waals surface area (Å²) >= 11 is 0. The number of pyridine rings is 1. The molecule has 1 aliphatic rings. The largest absolute Gasteiger partial charge is 0.373 e. The summed E-state index contributed by atoms with van der Waals surface area (Å²) in [5.41, 5.74) is 4.44. The van der Waals surface area contributed by atoms with E-state index in [0.717, 1.165) is 22.6 Å². The van der Waals surface area contributed by atoms with Crippen LogP contribution in [0, 0.1) is 13.8 Å². The summed E-state index contributed by atoms with van der Waals surface area (Å²) in [7, 11) is 1.62. The van der Waals surface area contributed by atoms with Gasteiger partial charge in [0.1, 0.15) is 11.8 Å². The summed E-state index contributed by atoms with van der Waals surface area (Å²) in [5.74, 6) is 0.601. The van der Waals surface area contributed by atoms with Crippen LogP contribution in [0.5, 0.6) is 0 Å². The maximum Gasteiger partial charge on any atom is 0.326 e. The average Bonchev–Trinajstić information content (AvgIpc) is 3.45. The van der Waals surface area contributed by atoms with Crippen LogP contribution in [0.15, 0.2) is 36.9 Å². The predicted octanol–water partition coefficient (Wildman–Crippen LogP) is 2.06. The molecule has 5 rings (SSSR count). The maximum atomic E-state index is 13.0. The zero-order valence-corrected chi connectivity index (χ0v) is 16.6. The number of aryl methyl sites for hydroxylation is 2. The van der Waals surface area contributed by atoms with Crippen molar-refractivity contribution in [1.82, 2.24) is 34.6 Å². The summed E-state index contributed by atoms with van der Waals surface area (Å²) in [6, 6.07) is 3.42. The molecule has 0 spiro atoms. The van der Waals surface area contributed by atoms with Crippen molar-refractivity contribution in [2.45, 2.75) is 20.0 Å². The Labute approximate surface area is 171 Å². The van der Waals surface area contributed by atoms with Crippen LogP contribution in [-0.2, 0) is 4.74 Å². The molecule has 1 unspecified atom stereocenters. The molecule has 0 radical (unpaired) electrons. The summed E-state index contributed by atoms with van der Waals surface area (Å²) in [6.07, 6.45) is 6.12. The van der Waals surface area contributed by atoms with E-state index in [9.17, 15) is 4.79 Å². The first-order chi connectivity index (χ1) is 14.5. The summed E-state index contributed by atoms with van der Waals surface area (Å²) in [6.45, 7) is 4.15. The van der Waals surface area contributed by atoms with E-state index in [0.29, 0.717) is 23.7 Å². The first-order valence-electron chi connectivity index (χ1n) is 9.35. The maximum absolute atomic E-state index is 13.0. The Kier molecular flexibility index (Phi) is 4.17. The number of methoxy groups -OCH3 is 1. The second-order valence-corrected chi connectivity index (χ2v) is 7.03. The molecule has 1 atom stereocenters. The number of hydrogen-bond acceptors (Lipinski definition) is 7. The third kappa shape index (κ3) is 2.87. The Morgan fingerprint density at radius 3 is 2.70 bits per heavy atom. The number of urea groups is 1. The quantitative estimate of drug-likeness (QED) is 0.555. The molecule has 1 aliphatic heterocycles. The number of carbonyl (C=O) groups excluding carboxylic acids is 1. The molecule has 0 aromatic carbocycles. The number of ether oxygens (including phenoxy) is 1. The van der Waals surface area contributed by atoms with Crippen LogP contribution in [0.2, 0.25) is 0 Å². The highest BCUT2D eigenvalue weighted by Gasteiger charge is 2.36. The van der Waals surface area contributed by atoms with Gasteiger partial charge in [0.25, 0.3) is 0 Å². The molecular weight excluding hydrogens is 386 g/mol. The lowest BCUT2D eigenvalue weighted by Crippen LogP contribution is -2.34. The third-order valence-electron chi connectivity index (χ3n) is 5.01. The van der Waals surface area contributed by atoms with Crippen molar-refractivity contribution < 1.29 is 9.53 Å². The molecule has 4 aromatic rings. The van der Waals surface area contributed by atoms with E-state index in [1.165, 1.54) is 4.80 Å². The van der Waals surface area contributed by atoms with Crippen LogP contribution in [0.25, 0.3) is 11.5 Å². The van der Waals surface area contributed by atoms with Crippen molar-refractivity contribution in [3.8, 4) is 5.82 Å². The van der Waals surface area contributed by atoms with E-state index in [2.05, 4.69) is 30.6 Å². The molecule has 152 valence electrons. The van der Waals surface area contributed by atoms with Gasteiger partial charge in [0, 0.05) is 13.2 Å². The van der Waals surface area contributed by atoms with Crippen LogP contribution in [0.3, 0.4) is 0 Å². The molecule has 2 amide bonds. The van der Waals surface area contributed by atoms with Gasteiger partial charge in [0.05, 0.1) is 48.4 Å². The monoisotopic (exact) mass is 405 g/mol. The van der Waals surface area contributed by atoms with E-state index in [-0.39, 0.29) is 12.1 Å². The smallest absolute Gasteiger partial charge is 0.326 e. The summed E-state index contributed by atoms with van der Waals surface area (Å²) in [4.78, 5) is 24.9. The average molecular weight is 405 g/mol. The van der Waals surface area contributed by atoms with Crippen LogP contribution in [-0.4, -0.2) is 54.3 Å². The molecule has 30 heavy (non-hydrogen) atoms. The minimum atomic E-state index is -0.302. The van der Waals surface area contributed by atoms with Gasteiger partial charge in [-0.25, -0.2) is 19.3 Å². The third-order valence-corrected chi connectivity index (χ3v) is 5.01. The fraction of sp³-hybridized carbons (Fsp3) is 0.263. The number of hydrogen-bond donors (Lipinski definition) is 1. The molecule has 0 fully saturated rings. The second kappa shape index (κ2) is 6.88. The number of aromatic nitrogens is 7. The van der Waals surface area contributed by atoms with E-state index >= 15 is 0 Å². The number of carbonyl (C=O) groups is 1. The van der Waals surface area contributed by atoms with Crippen LogP contribution < -0.4 is 10.2 Å². The molecular formula is C19H19N9O2. The van der Waals surface area contributed by atoms with Gasteiger partial charge in [-0.1, -0.05) is 0 Å². The summed E-state index contributed by atoms with van der Waals surface area (Å²) in [5, 5.41) is 15.6. The first-order valence-corrected chi connectivity index (χ1v) is 9.35. The van der Waals surface area contributed by atoms with E-state index in [1.807, 2.05) is 26.0 Å². The zero-order chi connectivity index (χ0) is 20.8. The molecule has 0 aliphatic carbocycles. The van der Waals surface area contributed by atoms with Gasteiger partial charge in [0.15, 0.2) is 11.5 Å². The lowest BCUT2D eigenvalue weighted by molar-refractivity contribution is 0.112. The van der Waals surface area contributed by atoms with Gasteiger partial charge in [-0.05, 0) is 25.5 Å². The lowest BCUT2D eigenvalue weighted by atomic mass is 10.2. The SMILES string of the molecule is COC1CN(C(=O)Nc2cnc(-n3nccn3)c(C)c2)c2cnc3cc(C)nn3c21. The van der Waals surface area contributed by atoms with Gasteiger partial charge < -0.3 is 10.1 Å². The Morgan fingerprint density at radius 2 is 1.97 bits per heavy atom. The predicted molar refractivity (Wildman–Crippen MR) is 108 cm³/mol. The van der Waals surface area contributed by atoms with Crippen LogP contribution in [0.4, 0.5) is 16.2 Å². The van der Waals surface area contributed by atoms with E-state index in [1.54, 1.807) is 41.3 Å². The van der Waals surface area contributed by atoms with Crippen molar-refractivity contribution in [2.24, 2.45) is 0 Å². The zero-order valence-electron chi connectivity index (χ0n) is 16.6. The van der Waals surface area contributed by atoms with Crippen molar-refractivity contribution in [1.29, 1.82) is 0 Å².